The van der Waals surface area contributed by atoms with Gasteiger partial charge in [-0.25, -0.2) is 8.42 Å². The van der Waals surface area contributed by atoms with Crippen molar-refractivity contribution in [2.75, 3.05) is 13.6 Å². The predicted octanol–water partition coefficient (Wildman–Crippen LogP) is 3.50. The van der Waals surface area contributed by atoms with Gasteiger partial charge in [0.2, 0.25) is 10.0 Å². The Hall–Kier alpha value is 0.150. The van der Waals surface area contributed by atoms with Gasteiger partial charge >= 0.3 is 0 Å². The van der Waals surface area contributed by atoms with E-state index in [9.17, 15) is 8.42 Å². The molecule has 1 fully saturated rings. The molecule has 21 heavy (non-hydrogen) atoms. The molecular weight excluding hydrogens is 399 g/mol. The Morgan fingerprint density at radius 3 is 2.43 bits per heavy atom. The summed E-state index contributed by atoms with van der Waals surface area (Å²) >= 11 is 15.4. The van der Waals surface area contributed by atoms with Crippen molar-refractivity contribution in [1.29, 1.82) is 0 Å². The summed E-state index contributed by atoms with van der Waals surface area (Å²) in [7, 11) is -2.18. The number of hydrogen-bond acceptors (Lipinski definition) is 3. The number of hydrogen-bond donors (Lipinski definition) is 1. The normalized spacial score (nSPS) is 23.0. The molecule has 2 unspecified atom stereocenters. The summed E-state index contributed by atoms with van der Waals surface area (Å²) < 4.78 is 27.7. The SMILES string of the molecule is CN(C1CCCC1CN)S(=O)(=O)c1c(Cl)cc(Br)cc1Cl. The van der Waals surface area contributed by atoms with Gasteiger partial charge in [0.05, 0.1) is 10.0 Å². The Morgan fingerprint density at radius 1 is 1.33 bits per heavy atom. The zero-order valence-corrected chi connectivity index (χ0v) is 15.4. The van der Waals surface area contributed by atoms with Gasteiger partial charge in [-0.05, 0) is 37.4 Å². The molecule has 118 valence electrons. The molecule has 4 nitrogen and oxygen atoms in total. The van der Waals surface area contributed by atoms with Crippen LogP contribution in [0, 0.1) is 5.92 Å². The number of sulfonamides is 1. The van der Waals surface area contributed by atoms with Crippen molar-refractivity contribution in [1.82, 2.24) is 4.31 Å². The summed E-state index contributed by atoms with van der Waals surface area (Å²) in [6, 6.07) is 2.96. The maximum Gasteiger partial charge on any atom is 0.246 e. The van der Waals surface area contributed by atoms with Crippen LogP contribution in [0.2, 0.25) is 10.0 Å². The Morgan fingerprint density at radius 2 is 1.90 bits per heavy atom. The molecule has 0 spiro atoms. The van der Waals surface area contributed by atoms with Crippen molar-refractivity contribution in [2.45, 2.75) is 30.2 Å². The monoisotopic (exact) mass is 414 g/mol. The number of nitrogens with two attached hydrogens (primary N) is 1. The molecule has 1 aliphatic carbocycles. The van der Waals surface area contributed by atoms with Gasteiger partial charge in [-0.2, -0.15) is 4.31 Å². The molecule has 2 atom stereocenters. The van der Waals surface area contributed by atoms with E-state index < -0.39 is 10.0 Å². The lowest BCUT2D eigenvalue weighted by atomic mass is 10.0. The quantitative estimate of drug-likeness (QED) is 0.818. The van der Waals surface area contributed by atoms with Crippen LogP contribution >= 0.6 is 39.1 Å². The van der Waals surface area contributed by atoms with E-state index in [4.69, 9.17) is 28.9 Å². The summed E-state index contributed by atoms with van der Waals surface area (Å²) in [6.45, 7) is 0.479. The van der Waals surface area contributed by atoms with Crippen LogP contribution in [0.3, 0.4) is 0 Å². The third kappa shape index (κ3) is 3.41. The highest BCUT2D eigenvalue weighted by Crippen LogP contribution is 2.37. The van der Waals surface area contributed by atoms with E-state index in [1.54, 1.807) is 7.05 Å². The number of halogens is 3. The first-order valence-corrected chi connectivity index (χ1v) is 9.60. The molecule has 0 aromatic heterocycles. The predicted molar refractivity (Wildman–Crippen MR) is 89.3 cm³/mol. The number of benzene rings is 1. The first kappa shape index (κ1) is 17.5. The smallest absolute Gasteiger partial charge is 0.246 e. The fourth-order valence-corrected chi connectivity index (χ4v) is 6.19. The molecule has 0 bridgehead atoms. The van der Waals surface area contributed by atoms with Gasteiger partial charge < -0.3 is 5.73 Å². The third-order valence-corrected chi connectivity index (χ3v) is 7.25. The Bertz CT molecular complexity index is 616. The minimum absolute atomic E-state index is 0.0424. The Balaban J connectivity index is 2.43. The highest BCUT2D eigenvalue weighted by Gasteiger charge is 2.37. The molecule has 1 saturated carbocycles. The molecule has 0 aliphatic heterocycles. The number of rotatable bonds is 4. The third-order valence-electron chi connectivity index (χ3n) is 3.99. The van der Waals surface area contributed by atoms with Crippen LogP contribution in [-0.2, 0) is 10.0 Å². The van der Waals surface area contributed by atoms with Crippen molar-refractivity contribution in [3.05, 3.63) is 26.7 Å². The van der Waals surface area contributed by atoms with E-state index in [1.165, 1.54) is 16.4 Å². The largest absolute Gasteiger partial charge is 0.330 e. The molecule has 0 radical (unpaired) electrons. The zero-order valence-electron chi connectivity index (χ0n) is 11.5. The van der Waals surface area contributed by atoms with Crippen molar-refractivity contribution in [3.63, 3.8) is 0 Å². The second-order valence-corrected chi connectivity index (χ2v) is 8.88. The summed E-state index contributed by atoms with van der Waals surface area (Å²) in [5.41, 5.74) is 5.74. The summed E-state index contributed by atoms with van der Waals surface area (Å²) in [5.74, 6) is 0.178. The Kier molecular flexibility index (Phi) is 5.60. The van der Waals surface area contributed by atoms with E-state index >= 15 is 0 Å². The lowest BCUT2D eigenvalue weighted by molar-refractivity contribution is 0.304. The van der Waals surface area contributed by atoms with Gasteiger partial charge in [-0.3, -0.25) is 0 Å². The van der Waals surface area contributed by atoms with E-state index in [-0.39, 0.29) is 26.9 Å². The van der Waals surface area contributed by atoms with Crippen molar-refractivity contribution >= 4 is 49.2 Å². The molecule has 0 saturated heterocycles. The second-order valence-electron chi connectivity index (χ2n) is 5.21. The average molecular weight is 416 g/mol. The van der Waals surface area contributed by atoms with E-state index in [0.29, 0.717) is 11.0 Å². The molecule has 8 heteroatoms. The first-order valence-electron chi connectivity index (χ1n) is 6.61. The van der Waals surface area contributed by atoms with Gasteiger partial charge in [-0.1, -0.05) is 45.6 Å². The highest BCUT2D eigenvalue weighted by atomic mass is 79.9. The van der Waals surface area contributed by atoms with Crippen LogP contribution in [0.15, 0.2) is 21.5 Å². The highest BCUT2D eigenvalue weighted by molar-refractivity contribution is 9.10. The van der Waals surface area contributed by atoms with Gasteiger partial charge in [0.1, 0.15) is 4.90 Å². The Labute approximate surface area is 143 Å². The van der Waals surface area contributed by atoms with Gasteiger partial charge in [-0.15, -0.1) is 0 Å². The zero-order chi connectivity index (χ0) is 15.8. The van der Waals surface area contributed by atoms with Crippen LogP contribution in [0.4, 0.5) is 0 Å². The average Bonchev–Trinajstić information content (AvgIpc) is 2.83. The van der Waals surface area contributed by atoms with Crippen LogP contribution in [-0.4, -0.2) is 32.4 Å². The van der Waals surface area contributed by atoms with E-state index in [2.05, 4.69) is 15.9 Å². The van der Waals surface area contributed by atoms with E-state index in [0.717, 1.165) is 19.3 Å². The fraction of sp³-hybridized carbons (Fsp3) is 0.538. The summed E-state index contributed by atoms with van der Waals surface area (Å²) in [5, 5.41) is 0.229. The molecule has 1 aliphatic rings. The van der Waals surface area contributed by atoms with Crippen molar-refractivity contribution in [2.24, 2.45) is 11.7 Å². The van der Waals surface area contributed by atoms with Crippen LogP contribution in [0.5, 0.6) is 0 Å². The van der Waals surface area contributed by atoms with Crippen molar-refractivity contribution in [3.8, 4) is 0 Å². The summed E-state index contributed by atoms with van der Waals surface area (Å²) in [4.78, 5) is -0.0424. The van der Waals surface area contributed by atoms with Gasteiger partial charge in [0.15, 0.2) is 0 Å². The second kappa shape index (κ2) is 6.72. The standard InChI is InChI=1S/C13H17BrCl2N2O2S/c1-18(12-4-2-3-8(12)7-17)21(19,20)13-10(15)5-9(14)6-11(13)16/h5-6,8,12H,2-4,7,17H2,1H3. The molecular formula is C13H17BrCl2N2O2S. The molecule has 0 amide bonds. The molecule has 2 rings (SSSR count). The first-order chi connectivity index (χ1) is 9.78. The van der Waals surface area contributed by atoms with E-state index in [1.807, 2.05) is 0 Å². The fourth-order valence-electron chi connectivity index (χ4n) is 2.87. The number of nitrogens with zero attached hydrogens (tertiary/aromatic N) is 1. The van der Waals surface area contributed by atoms with Crippen LogP contribution in [0.1, 0.15) is 19.3 Å². The van der Waals surface area contributed by atoms with Crippen molar-refractivity contribution < 1.29 is 8.42 Å². The molecule has 1 aromatic rings. The molecule has 2 N–H and O–H groups in total. The maximum absolute atomic E-state index is 12.8. The minimum Gasteiger partial charge on any atom is -0.330 e. The minimum atomic E-state index is -3.75. The topological polar surface area (TPSA) is 63.4 Å². The van der Waals surface area contributed by atoms with Crippen LogP contribution < -0.4 is 5.73 Å². The molecule has 1 aromatic carbocycles. The van der Waals surface area contributed by atoms with Gasteiger partial charge in [0.25, 0.3) is 0 Å². The van der Waals surface area contributed by atoms with Crippen LogP contribution in [0.25, 0.3) is 0 Å². The maximum atomic E-state index is 12.8. The lowest BCUT2D eigenvalue weighted by Crippen LogP contribution is -2.41. The molecule has 0 heterocycles. The van der Waals surface area contributed by atoms with Gasteiger partial charge in [0, 0.05) is 17.6 Å². The lowest BCUT2D eigenvalue weighted by Gasteiger charge is -2.29. The summed E-state index contributed by atoms with van der Waals surface area (Å²) in [6.07, 6.45) is 2.74.